The van der Waals surface area contributed by atoms with E-state index in [4.69, 9.17) is 9.52 Å². The van der Waals surface area contributed by atoms with Gasteiger partial charge in [-0.15, -0.1) is 0 Å². The lowest BCUT2D eigenvalue weighted by Crippen LogP contribution is -2.16. The molecule has 78 valence electrons. The van der Waals surface area contributed by atoms with Crippen molar-refractivity contribution in [2.24, 2.45) is 5.41 Å². The van der Waals surface area contributed by atoms with Crippen molar-refractivity contribution in [2.75, 3.05) is 0 Å². The first-order valence-corrected chi connectivity index (χ1v) is 4.74. The molecule has 0 bridgehead atoms. The van der Waals surface area contributed by atoms with Gasteiger partial charge in [0, 0.05) is 12.8 Å². The highest BCUT2D eigenvalue weighted by atomic mass is 16.4. The summed E-state index contributed by atoms with van der Waals surface area (Å²) < 4.78 is 5.23. The number of carboxylic acid groups (broad SMARTS) is 1. The van der Waals surface area contributed by atoms with Gasteiger partial charge in [-0.2, -0.15) is 0 Å². The zero-order valence-corrected chi connectivity index (χ0v) is 8.62. The van der Waals surface area contributed by atoms with Crippen LogP contribution in [0.4, 0.5) is 0 Å². The molecule has 0 aliphatic carbocycles. The maximum absolute atomic E-state index is 10.4. The Bertz CT molecular complexity index is 285. The second kappa shape index (κ2) is 4.31. The fourth-order valence-corrected chi connectivity index (χ4v) is 1.42. The van der Waals surface area contributed by atoms with Crippen LogP contribution in [0.3, 0.4) is 0 Å². The quantitative estimate of drug-likeness (QED) is 0.787. The first kappa shape index (κ1) is 10.8. The number of aliphatic carboxylic acids is 1. The lowest BCUT2D eigenvalue weighted by atomic mass is 9.83. The van der Waals surface area contributed by atoms with E-state index in [-0.39, 0.29) is 11.8 Å². The molecular weight excluding hydrogens is 180 g/mol. The van der Waals surface area contributed by atoms with Crippen LogP contribution in [-0.4, -0.2) is 11.1 Å². The SMILES string of the molecule is CC(C)(CCC(=O)O)Cc1ccco1. The first-order valence-electron chi connectivity index (χ1n) is 4.74. The van der Waals surface area contributed by atoms with Crippen molar-refractivity contribution in [3.63, 3.8) is 0 Å². The summed E-state index contributed by atoms with van der Waals surface area (Å²) in [5.41, 5.74) is -0.0176. The zero-order chi connectivity index (χ0) is 10.6. The molecule has 1 N–H and O–H groups in total. The van der Waals surface area contributed by atoms with Crippen LogP contribution in [0.15, 0.2) is 22.8 Å². The summed E-state index contributed by atoms with van der Waals surface area (Å²) in [5, 5.41) is 8.58. The third-order valence-electron chi connectivity index (χ3n) is 2.25. The lowest BCUT2D eigenvalue weighted by Gasteiger charge is -2.22. The van der Waals surface area contributed by atoms with Crippen LogP contribution in [0.25, 0.3) is 0 Å². The standard InChI is InChI=1S/C11H16O3/c1-11(2,6-5-10(12)13)8-9-4-3-7-14-9/h3-4,7H,5-6,8H2,1-2H3,(H,12,13). The molecule has 0 atom stereocenters. The molecule has 0 aliphatic rings. The van der Waals surface area contributed by atoms with Crippen LogP contribution in [0, 0.1) is 5.41 Å². The topological polar surface area (TPSA) is 50.4 Å². The highest BCUT2D eigenvalue weighted by Gasteiger charge is 2.20. The minimum Gasteiger partial charge on any atom is -0.481 e. The lowest BCUT2D eigenvalue weighted by molar-refractivity contribution is -0.137. The van der Waals surface area contributed by atoms with Crippen LogP contribution in [-0.2, 0) is 11.2 Å². The van der Waals surface area contributed by atoms with E-state index in [1.807, 2.05) is 12.1 Å². The zero-order valence-electron chi connectivity index (χ0n) is 8.62. The smallest absolute Gasteiger partial charge is 0.303 e. The number of hydrogen-bond acceptors (Lipinski definition) is 2. The van der Waals surface area contributed by atoms with Crippen molar-refractivity contribution >= 4 is 5.97 Å². The first-order chi connectivity index (χ1) is 6.49. The second-order valence-corrected chi connectivity index (χ2v) is 4.31. The van der Waals surface area contributed by atoms with Gasteiger partial charge in [-0.1, -0.05) is 13.8 Å². The van der Waals surface area contributed by atoms with Crippen LogP contribution in [0.1, 0.15) is 32.4 Å². The molecule has 1 aromatic rings. The van der Waals surface area contributed by atoms with Gasteiger partial charge in [0.1, 0.15) is 5.76 Å². The summed E-state index contributed by atoms with van der Waals surface area (Å²) in [6, 6.07) is 3.77. The van der Waals surface area contributed by atoms with Crippen molar-refractivity contribution in [3.05, 3.63) is 24.2 Å². The van der Waals surface area contributed by atoms with E-state index in [1.165, 1.54) is 0 Å². The van der Waals surface area contributed by atoms with Crippen molar-refractivity contribution in [2.45, 2.75) is 33.1 Å². The molecule has 0 unspecified atom stereocenters. The molecule has 1 rings (SSSR count). The van der Waals surface area contributed by atoms with Gasteiger partial charge in [0.15, 0.2) is 0 Å². The maximum Gasteiger partial charge on any atom is 0.303 e. The van der Waals surface area contributed by atoms with Crippen molar-refractivity contribution in [1.29, 1.82) is 0 Å². The van der Waals surface area contributed by atoms with Gasteiger partial charge in [-0.05, 0) is 24.0 Å². The van der Waals surface area contributed by atoms with Gasteiger partial charge in [-0.25, -0.2) is 0 Å². The van der Waals surface area contributed by atoms with Crippen LogP contribution in [0.5, 0.6) is 0 Å². The number of furan rings is 1. The maximum atomic E-state index is 10.4. The fraction of sp³-hybridized carbons (Fsp3) is 0.545. The summed E-state index contributed by atoms with van der Waals surface area (Å²) in [6.07, 6.45) is 3.31. The molecule has 0 radical (unpaired) electrons. The molecule has 14 heavy (non-hydrogen) atoms. The molecule has 1 aromatic heterocycles. The van der Waals surface area contributed by atoms with E-state index in [0.29, 0.717) is 6.42 Å². The molecule has 1 heterocycles. The molecule has 0 aliphatic heterocycles. The molecule has 0 amide bonds. The largest absolute Gasteiger partial charge is 0.481 e. The molecular formula is C11H16O3. The third kappa shape index (κ3) is 3.64. The van der Waals surface area contributed by atoms with Gasteiger partial charge in [-0.3, -0.25) is 4.79 Å². The van der Waals surface area contributed by atoms with Crippen LogP contribution >= 0.6 is 0 Å². The Labute approximate surface area is 83.7 Å². The van der Waals surface area contributed by atoms with E-state index in [2.05, 4.69) is 13.8 Å². The minimum atomic E-state index is -0.738. The summed E-state index contributed by atoms with van der Waals surface area (Å²) in [6.45, 7) is 4.11. The third-order valence-corrected chi connectivity index (χ3v) is 2.25. The molecule has 0 saturated carbocycles. The molecule has 0 fully saturated rings. The summed E-state index contributed by atoms with van der Waals surface area (Å²) in [4.78, 5) is 10.4. The van der Waals surface area contributed by atoms with E-state index in [1.54, 1.807) is 6.26 Å². The van der Waals surface area contributed by atoms with Gasteiger partial charge >= 0.3 is 5.97 Å². The Morgan fingerprint density at radius 3 is 2.79 bits per heavy atom. The Balaban J connectivity index is 2.45. The summed E-state index contributed by atoms with van der Waals surface area (Å²) in [7, 11) is 0. The van der Waals surface area contributed by atoms with Crippen LogP contribution in [0.2, 0.25) is 0 Å². The normalized spacial score (nSPS) is 11.6. The summed E-state index contributed by atoms with van der Waals surface area (Å²) >= 11 is 0. The number of rotatable bonds is 5. The Morgan fingerprint density at radius 2 is 2.29 bits per heavy atom. The molecule has 0 spiro atoms. The Hall–Kier alpha value is -1.25. The van der Waals surface area contributed by atoms with E-state index in [9.17, 15) is 4.79 Å². The van der Waals surface area contributed by atoms with Crippen molar-refractivity contribution in [1.82, 2.24) is 0 Å². The molecule has 0 saturated heterocycles. The van der Waals surface area contributed by atoms with Gasteiger partial charge < -0.3 is 9.52 Å². The Morgan fingerprint density at radius 1 is 1.57 bits per heavy atom. The monoisotopic (exact) mass is 196 g/mol. The van der Waals surface area contributed by atoms with E-state index in [0.717, 1.165) is 12.2 Å². The molecule has 3 nitrogen and oxygen atoms in total. The number of carboxylic acids is 1. The average Bonchev–Trinajstić information content (AvgIpc) is 2.53. The van der Waals surface area contributed by atoms with Gasteiger partial charge in [0.25, 0.3) is 0 Å². The Kier molecular flexibility index (Phi) is 3.33. The number of carbonyl (C=O) groups is 1. The van der Waals surface area contributed by atoms with Gasteiger partial charge in [0.2, 0.25) is 0 Å². The highest BCUT2D eigenvalue weighted by Crippen LogP contribution is 2.27. The fourth-order valence-electron chi connectivity index (χ4n) is 1.42. The molecule has 0 aromatic carbocycles. The van der Waals surface area contributed by atoms with E-state index < -0.39 is 5.97 Å². The predicted molar refractivity (Wildman–Crippen MR) is 53.1 cm³/mol. The van der Waals surface area contributed by atoms with E-state index >= 15 is 0 Å². The van der Waals surface area contributed by atoms with Crippen LogP contribution < -0.4 is 0 Å². The predicted octanol–water partition coefficient (Wildman–Crippen LogP) is 2.71. The summed E-state index contributed by atoms with van der Waals surface area (Å²) in [5.74, 6) is 0.179. The number of hydrogen-bond donors (Lipinski definition) is 1. The molecule has 3 heteroatoms. The second-order valence-electron chi connectivity index (χ2n) is 4.31. The van der Waals surface area contributed by atoms with Crippen molar-refractivity contribution < 1.29 is 14.3 Å². The van der Waals surface area contributed by atoms with Gasteiger partial charge in [0.05, 0.1) is 6.26 Å². The average molecular weight is 196 g/mol. The van der Waals surface area contributed by atoms with Crippen molar-refractivity contribution in [3.8, 4) is 0 Å². The highest BCUT2D eigenvalue weighted by molar-refractivity contribution is 5.66. The minimum absolute atomic E-state index is 0.0176.